The molecule has 0 bridgehead atoms. The zero-order valence-electron chi connectivity index (χ0n) is 10.5. The number of rotatable bonds is 1. The van der Waals surface area contributed by atoms with Gasteiger partial charge in [-0.15, -0.1) is 0 Å². The molecule has 4 rings (SSSR count). The Bertz CT molecular complexity index is 785. The summed E-state index contributed by atoms with van der Waals surface area (Å²) in [5, 5.41) is 2.39. The van der Waals surface area contributed by atoms with Crippen LogP contribution >= 0.6 is 0 Å². The average Bonchev–Trinajstić information content (AvgIpc) is 2.47. The minimum absolute atomic E-state index is 0.810. The van der Waals surface area contributed by atoms with Crippen molar-refractivity contribution in [3.8, 4) is 28.4 Å². The van der Waals surface area contributed by atoms with Crippen LogP contribution in [-0.4, -0.2) is 7.11 Å². The number of ether oxygens (including phenoxy) is 2. The summed E-state index contributed by atoms with van der Waals surface area (Å²) in [7, 11) is 1.67. The van der Waals surface area contributed by atoms with Crippen LogP contribution in [-0.2, 0) is 0 Å². The summed E-state index contributed by atoms with van der Waals surface area (Å²) >= 11 is 0. The van der Waals surface area contributed by atoms with Gasteiger partial charge in [0.1, 0.15) is 17.2 Å². The van der Waals surface area contributed by atoms with Crippen molar-refractivity contribution in [2.45, 2.75) is 0 Å². The number of hydrogen-bond acceptors (Lipinski definition) is 2. The first-order valence-corrected chi connectivity index (χ1v) is 6.25. The van der Waals surface area contributed by atoms with E-state index in [-0.39, 0.29) is 0 Å². The van der Waals surface area contributed by atoms with E-state index in [1.165, 1.54) is 16.3 Å². The quantitative estimate of drug-likeness (QED) is 0.489. The Balaban J connectivity index is 2.09. The first-order chi connectivity index (χ1) is 9.36. The predicted molar refractivity (Wildman–Crippen MR) is 76.0 cm³/mol. The minimum Gasteiger partial charge on any atom is -0.497 e. The van der Waals surface area contributed by atoms with Gasteiger partial charge in [0.2, 0.25) is 0 Å². The summed E-state index contributed by atoms with van der Waals surface area (Å²) in [6.07, 6.45) is 0. The second-order valence-corrected chi connectivity index (χ2v) is 4.62. The van der Waals surface area contributed by atoms with E-state index in [0.29, 0.717) is 0 Å². The van der Waals surface area contributed by atoms with Crippen molar-refractivity contribution >= 4 is 10.8 Å². The lowest BCUT2D eigenvalue weighted by Gasteiger charge is -2.21. The lowest BCUT2D eigenvalue weighted by atomic mass is 9.95. The Morgan fingerprint density at radius 3 is 2.53 bits per heavy atom. The summed E-state index contributed by atoms with van der Waals surface area (Å²) in [5.74, 6) is 2.57. The molecule has 0 spiro atoms. The van der Waals surface area contributed by atoms with Gasteiger partial charge in [-0.25, -0.2) is 0 Å². The molecule has 0 unspecified atom stereocenters. The molecule has 1 aliphatic heterocycles. The molecule has 19 heavy (non-hydrogen) atoms. The highest BCUT2D eigenvalue weighted by atomic mass is 16.5. The Morgan fingerprint density at radius 1 is 0.842 bits per heavy atom. The first kappa shape index (κ1) is 10.4. The Morgan fingerprint density at radius 2 is 1.68 bits per heavy atom. The number of fused-ring (bicyclic) bond motifs is 2. The molecule has 2 heteroatoms. The summed E-state index contributed by atoms with van der Waals surface area (Å²) in [6.45, 7) is 0. The molecule has 0 saturated carbocycles. The van der Waals surface area contributed by atoms with Crippen LogP contribution in [0.15, 0.2) is 54.6 Å². The lowest BCUT2D eigenvalue weighted by Crippen LogP contribution is -1.97. The van der Waals surface area contributed by atoms with Crippen LogP contribution in [0.5, 0.6) is 17.2 Å². The molecule has 0 aliphatic carbocycles. The molecule has 0 fully saturated rings. The van der Waals surface area contributed by atoms with Crippen LogP contribution in [0.1, 0.15) is 0 Å². The minimum atomic E-state index is 0.810. The molecule has 0 radical (unpaired) electrons. The lowest BCUT2D eigenvalue weighted by molar-refractivity contribution is 0.409. The van der Waals surface area contributed by atoms with Gasteiger partial charge in [-0.05, 0) is 29.1 Å². The van der Waals surface area contributed by atoms with Gasteiger partial charge in [-0.1, -0.05) is 30.3 Å². The van der Waals surface area contributed by atoms with Crippen molar-refractivity contribution in [2.75, 3.05) is 7.11 Å². The van der Waals surface area contributed by atoms with Gasteiger partial charge >= 0.3 is 0 Å². The van der Waals surface area contributed by atoms with E-state index < -0.39 is 0 Å². The molecular formula is C17H12O2. The smallest absolute Gasteiger partial charge is 0.139 e. The van der Waals surface area contributed by atoms with Gasteiger partial charge in [0, 0.05) is 17.0 Å². The maximum Gasteiger partial charge on any atom is 0.139 e. The molecular weight excluding hydrogens is 236 g/mol. The van der Waals surface area contributed by atoms with E-state index in [2.05, 4.69) is 30.3 Å². The highest BCUT2D eigenvalue weighted by molar-refractivity contribution is 6.04. The Kier molecular flexibility index (Phi) is 2.06. The molecule has 0 amide bonds. The van der Waals surface area contributed by atoms with Gasteiger partial charge in [0.15, 0.2) is 0 Å². The SMILES string of the molecule is COc1ccc2c(c1)Oc1cccc3cccc-2c13. The third-order valence-electron chi connectivity index (χ3n) is 3.57. The van der Waals surface area contributed by atoms with Gasteiger partial charge in [0.25, 0.3) is 0 Å². The monoisotopic (exact) mass is 248 g/mol. The third kappa shape index (κ3) is 1.43. The highest BCUT2D eigenvalue weighted by Crippen LogP contribution is 2.47. The maximum absolute atomic E-state index is 6.01. The Labute approximate surface area is 111 Å². The van der Waals surface area contributed by atoms with Crippen LogP contribution in [0.25, 0.3) is 21.9 Å². The molecule has 0 N–H and O–H groups in total. The van der Waals surface area contributed by atoms with Gasteiger partial charge in [-0.3, -0.25) is 0 Å². The van der Waals surface area contributed by atoms with Crippen molar-refractivity contribution in [3.05, 3.63) is 54.6 Å². The summed E-state index contributed by atoms with van der Waals surface area (Å²) in [4.78, 5) is 0. The Hall–Kier alpha value is -2.48. The fourth-order valence-corrected chi connectivity index (χ4v) is 2.67. The average molecular weight is 248 g/mol. The largest absolute Gasteiger partial charge is 0.497 e. The number of hydrogen-bond donors (Lipinski definition) is 0. The summed E-state index contributed by atoms with van der Waals surface area (Å²) in [5.41, 5.74) is 2.34. The van der Waals surface area contributed by atoms with Crippen LogP contribution in [0.2, 0.25) is 0 Å². The number of benzene rings is 3. The van der Waals surface area contributed by atoms with Crippen molar-refractivity contribution in [2.24, 2.45) is 0 Å². The highest BCUT2D eigenvalue weighted by Gasteiger charge is 2.19. The topological polar surface area (TPSA) is 18.5 Å². The second-order valence-electron chi connectivity index (χ2n) is 4.62. The zero-order valence-corrected chi connectivity index (χ0v) is 10.5. The molecule has 2 nitrogen and oxygen atoms in total. The van der Waals surface area contributed by atoms with Crippen molar-refractivity contribution in [3.63, 3.8) is 0 Å². The molecule has 0 saturated heterocycles. The van der Waals surface area contributed by atoms with E-state index in [1.807, 2.05) is 24.3 Å². The summed E-state index contributed by atoms with van der Waals surface area (Å²) < 4.78 is 11.3. The maximum atomic E-state index is 6.01. The van der Waals surface area contributed by atoms with E-state index in [1.54, 1.807) is 7.11 Å². The van der Waals surface area contributed by atoms with Gasteiger partial charge in [-0.2, -0.15) is 0 Å². The fourth-order valence-electron chi connectivity index (χ4n) is 2.67. The van der Waals surface area contributed by atoms with Crippen LogP contribution in [0.4, 0.5) is 0 Å². The second kappa shape index (κ2) is 3.75. The number of methoxy groups -OCH3 is 1. The van der Waals surface area contributed by atoms with Crippen LogP contribution < -0.4 is 9.47 Å². The van der Waals surface area contributed by atoms with Crippen molar-refractivity contribution < 1.29 is 9.47 Å². The fraction of sp³-hybridized carbons (Fsp3) is 0.0588. The molecule has 3 aromatic carbocycles. The molecule has 92 valence electrons. The van der Waals surface area contributed by atoms with Gasteiger partial charge in [0.05, 0.1) is 7.11 Å². The van der Waals surface area contributed by atoms with Crippen LogP contribution in [0.3, 0.4) is 0 Å². The van der Waals surface area contributed by atoms with E-state index in [4.69, 9.17) is 9.47 Å². The first-order valence-electron chi connectivity index (χ1n) is 6.25. The molecule has 1 heterocycles. The molecule has 0 aromatic heterocycles. The zero-order chi connectivity index (χ0) is 12.8. The summed E-state index contributed by atoms with van der Waals surface area (Å²) in [6, 6.07) is 18.4. The molecule has 1 aliphatic rings. The van der Waals surface area contributed by atoms with E-state index >= 15 is 0 Å². The molecule has 3 aromatic rings. The van der Waals surface area contributed by atoms with Gasteiger partial charge < -0.3 is 9.47 Å². The standard InChI is InChI=1S/C17H12O2/c1-18-12-8-9-13-14-6-2-4-11-5-3-7-15(17(11)14)19-16(13)10-12/h2-10H,1H3. The van der Waals surface area contributed by atoms with Crippen molar-refractivity contribution in [1.82, 2.24) is 0 Å². The third-order valence-corrected chi connectivity index (χ3v) is 3.57. The normalized spacial score (nSPS) is 11.8. The van der Waals surface area contributed by atoms with Crippen LogP contribution in [0, 0.1) is 0 Å². The van der Waals surface area contributed by atoms with Crippen molar-refractivity contribution in [1.29, 1.82) is 0 Å². The predicted octanol–water partition coefficient (Wildman–Crippen LogP) is 4.62. The molecule has 0 atom stereocenters. The van der Waals surface area contributed by atoms with E-state index in [9.17, 15) is 0 Å². The van der Waals surface area contributed by atoms with E-state index in [0.717, 1.165) is 22.8 Å².